The van der Waals surface area contributed by atoms with Gasteiger partial charge in [-0.15, -0.1) is 0 Å². The Morgan fingerprint density at radius 1 is 1.31 bits per heavy atom. The van der Waals surface area contributed by atoms with Crippen LogP contribution in [-0.4, -0.2) is 18.0 Å². The standard InChI is InChI=1S/C10H7F4NO/c11-5-1-2-7-6(3-5)8(16)4-9(15-7)10(12,13)14/h1-3,9,15H,4H2/t9-/m0/s1. The first kappa shape index (κ1) is 10.9. The summed E-state index contributed by atoms with van der Waals surface area (Å²) in [6.07, 6.45) is -5.18. The predicted molar refractivity (Wildman–Crippen MR) is 48.8 cm³/mol. The lowest BCUT2D eigenvalue weighted by Gasteiger charge is -2.27. The van der Waals surface area contributed by atoms with Gasteiger partial charge < -0.3 is 5.32 Å². The second-order valence-corrected chi connectivity index (χ2v) is 3.56. The van der Waals surface area contributed by atoms with E-state index in [0.717, 1.165) is 18.2 Å². The van der Waals surface area contributed by atoms with Gasteiger partial charge in [0.15, 0.2) is 5.78 Å². The highest BCUT2D eigenvalue weighted by Crippen LogP contribution is 2.33. The molecule has 86 valence electrons. The maximum Gasteiger partial charge on any atom is 0.408 e. The number of nitrogens with one attached hydrogen (secondary N) is 1. The van der Waals surface area contributed by atoms with Crippen LogP contribution in [0.2, 0.25) is 0 Å². The molecule has 2 rings (SSSR count). The number of fused-ring (bicyclic) bond motifs is 1. The molecule has 0 bridgehead atoms. The van der Waals surface area contributed by atoms with Gasteiger partial charge >= 0.3 is 6.18 Å². The SMILES string of the molecule is O=C1C[C@@H](C(F)(F)F)Nc2ccc(F)cc21. The van der Waals surface area contributed by atoms with Crippen molar-refractivity contribution in [2.75, 3.05) is 5.32 Å². The molecule has 1 heterocycles. The fourth-order valence-electron chi connectivity index (χ4n) is 1.60. The average Bonchev–Trinajstić information content (AvgIpc) is 2.17. The molecule has 1 atom stereocenters. The molecule has 0 saturated heterocycles. The number of rotatable bonds is 0. The molecule has 0 aromatic heterocycles. The Morgan fingerprint density at radius 3 is 2.62 bits per heavy atom. The Hall–Kier alpha value is -1.59. The van der Waals surface area contributed by atoms with Crippen molar-refractivity contribution in [3.05, 3.63) is 29.6 Å². The van der Waals surface area contributed by atoms with Crippen molar-refractivity contribution in [3.63, 3.8) is 0 Å². The second kappa shape index (κ2) is 3.47. The predicted octanol–water partition coefficient (Wildman–Crippen LogP) is 2.75. The van der Waals surface area contributed by atoms with Crippen molar-refractivity contribution in [3.8, 4) is 0 Å². The summed E-state index contributed by atoms with van der Waals surface area (Å²) in [5.41, 5.74) is 0.000440. The molecule has 0 aliphatic carbocycles. The second-order valence-electron chi connectivity index (χ2n) is 3.56. The third-order valence-electron chi connectivity index (χ3n) is 2.40. The third-order valence-corrected chi connectivity index (χ3v) is 2.40. The average molecular weight is 233 g/mol. The summed E-state index contributed by atoms with van der Waals surface area (Å²) in [7, 11) is 0. The minimum Gasteiger partial charge on any atom is -0.373 e. The van der Waals surface area contributed by atoms with Gasteiger partial charge in [0.1, 0.15) is 11.9 Å². The van der Waals surface area contributed by atoms with Crippen molar-refractivity contribution in [2.45, 2.75) is 18.6 Å². The number of carbonyl (C=O) groups excluding carboxylic acids is 1. The van der Waals surface area contributed by atoms with Crippen molar-refractivity contribution in [2.24, 2.45) is 0 Å². The molecule has 1 aromatic carbocycles. The van der Waals surface area contributed by atoms with E-state index in [0.29, 0.717) is 0 Å². The monoisotopic (exact) mass is 233 g/mol. The summed E-state index contributed by atoms with van der Waals surface area (Å²) < 4.78 is 50.0. The molecular weight excluding hydrogens is 226 g/mol. The Labute approximate surface area is 88.3 Å². The number of benzene rings is 1. The van der Waals surface area contributed by atoms with Crippen molar-refractivity contribution < 1.29 is 22.4 Å². The van der Waals surface area contributed by atoms with E-state index in [1.54, 1.807) is 0 Å². The molecule has 0 radical (unpaired) electrons. The zero-order chi connectivity index (χ0) is 11.9. The maximum absolute atomic E-state index is 12.8. The van der Waals surface area contributed by atoms with Crippen molar-refractivity contribution in [1.82, 2.24) is 0 Å². The number of carbonyl (C=O) groups is 1. The van der Waals surface area contributed by atoms with Gasteiger partial charge in [0.2, 0.25) is 0 Å². The highest BCUT2D eigenvalue weighted by atomic mass is 19.4. The van der Waals surface area contributed by atoms with Gasteiger partial charge in [0.25, 0.3) is 0 Å². The summed E-state index contributed by atoms with van der Waals surface area (Å²) in [6.45, 7) is 0. The molecule has 2 nitrogen and oxygen atoms in total. The minimum absolute atomic E-state index is 0.0273. The lowest BCUT2D eigenvalue weighted by Crippen LogP contribution is -2.41. The molecule has 16 heavy (non-hydrogen) atoms. The molecule has 1 N–H and O–H groups in total. The molecule has 1 aromatic rings. The molecule has 0 unspecified atom stereocenters. The normalized spacial score (nSPS) is 20.2. The zero-order valence-electron chi connectivity index (χ0n) is 7.94. The van der Waals surface area contributed by atoms with Crippen LogP contribution in [0.4, 0.5) is 23.2 Å². The summed E-state index contributed by atoms with van der Waals surface area (Å²) in [5, 5.41) is 2.18. The molecule has 0 fully saturated rings. The van der Waals surface area contributed by atoms with E-state index >= 15 is 0 Å². The van der Waals surface area contributed by atoms with E-state index in [2.05, 4.69) is 5.32 Å². The highest BCUT2D eigenvalue weighted by Gasteiger charge is 2.43. The Kier molecular flexibility index (Phi) is 2.36. The number of ketones is 1. The summed E-state index contributed by atoms with van der Waals surface area (Å²) in [4.78, 5) is 11.4. The van der Waals surface area contributed by atoms with Gasteiger partial charge in [-0.25, -0.2) is 4.39 Å². The van der Waals surface area contributed by atoms with Crippen LogP contribution in [-0.2, 0) is 0 Å². The smallest absolute Gasteiger partial charge is 0.373 e. The molecule has 1 aliphatic rings. The first-order valence-electron chi connectivity index (χ1n) is 4.54. The van der Waals surface area contributed by atoms with Crippen LogP contribution < -0.4 is 5.32 Å². The molecule has 0 spiro atoms. The van der Waals surface area contributed by atoms with Gasteiger partial charge in [-0.2, -0.15) is 13.2 Å². The van der Waals surface area contributed by atoms with Crippen LogP contribution in [0.1, 0.15) is 16.8 Å². The first-order valence-corrected chi connectivity index (χ1v) is 4.54. The number of Topliss-reactive ketones (excluding diaryl/α,β-unsaturated/α-hetero) is 1. The maximum atomic E-state index is 12.8. The van der Waals surface area contributed by atoms with Crippen LogP contribution in [0.5, 0.6) is 0 Å². The highest BCUT2D eigenvalue weighted by molar-refractivity contribution is 6.03. The van der Waals surface area contributed by atoms with Gasteiger partial charge in [0, 0.05) is 17.7 Å². The summed E-state index contributed by atoms with van der Waals surface area (Å²) in [6, 6.07) is 1.20. The lowest BCUT2D eigenvalue weighted by molar-refractivity contribution is -0.142. The molecule has 1 aliphatic heterocycles. The van der Waals surface area contributed by atoms with E-state index < -0.39 is 30.2 Å². The number of alkyl halides is 3. The quantitative estimate of drug-likeness (QED) is 0.698. The molecule has 0 saturated carbocycles. The fourth-order valence-corrected chi connectivity index (χ4v) is 1.60. The summed E-state index contributed by atoms with van der Waals surface area (Å²) in [5.74, 6) is -1.34. The molecule has 6 heteroatoms. The van der Waals surface area contributed by atoms with E-state index in [1.807, 2.05) is 0 Å². The van der Waals surface area contributed by atoms with Gasteiger partial charge in [-0.05, 0) is 18.2 Å². The van der Waals surface area contributed by atoms with E-state index in [-0.39, 0.29) is 11.3 Å². The Morgan fingerprint density at radius 2 is 2.00 bits per heavy atom. The zero-order valence-corrected chi connectivity index (χ0v) is 7.94. The van der Waals surface area contributed by atoms with Crippen LogP contribution in [0.3, 0.4) is 0 Å². The van der Waals surface area contributed by atoms with E-state index in [4.69, 9.17) is 0 Å². The van der Waals surface area contributed by atoms with E-state index in [1.165, 1.54) is 0 Å². The topological polar surface area (TPSA) is 29.1 Å². The summed E-state index contributed by atoms with van der Waals surface area (Å²) >= 11 is 0. The van der Waals surface area contributed by atoms with Gasteiger partial charge in [0.05, 0.1) is 0 Å². The van der Waals surface area contributed by atoms with Crippen molar-refractivity contribution >= 4 is 11.5 Å². The number of halogens is 4. The van der Waals surface area contributed by atoms with Gasteiger partial charge in [-0.1, -0.05) is 0 Å². The fraction of sp³-hybridized carbons (Fsp3) is 0.300. The number of anilines is 1. The Bertz CT molecular complexity index is 441. The van der Waals surface area contributed by atoms with Crippen LogP contribution in [0.25, 0.3) is 0 Å². The molecular formula is C10H7F4NO. The van der Waals surface area contributed by atoms with Crippen molar-refractivity contribution in [1.29, 1.82) is 0 Å². The third kappa shape index (κ3) is 1.87. The number of hydrogen-bond acceptors (Lipinski definition) is 2. The van der Waals surface area contributed by atoms with Crippen LogP contribution >= 0.6 is 0 Å². The largest absolute Gasteiger partial charge is 0.408 e. The van der Waals surface area contributed by atoms with Gasteiger partial charge in [-0.3, -0.25) is 4.79 Å². The molecule has 0 amide bonds. The van der Waals surface area contributed by atoms with Crippen LogP contribution in [0, 0.1) is 5.82 Å². The van der Waals surface area contributed by atoms with E-state index in [9.17, 15) is 22.4 Å². The minimum atomic E-state index is -4.48. The lowest BCUT2D eigenvalue weighted by atomic mass is 9.96. The van der Waals surface area contributed by atoms with Crippen LogP contribution in [0.15, 0.2) is 18.2 Å². The first-order chi connectivity index (χ1) is 7.38. The number of hydrogen-bond donors (Lipinski definition) is 1. The Balaban J connectivity index is 2.38.